The molecule has 1 aliphatic heterocycles. The molecule has 0 aromatic carbocycles. The van der Waals surface area contributed by atoms with E-state index in [2.05, 4.69) is 15.9 Å². The Kier molecular flexibility index (Phi) is 5.19. The number of hydrogen-bond acceptors (Lipinski definition) is 3. The van der Waals surface area contributed by atoms with Crippen molar-refractivity contribution in [1.82, 2.24) is 0 Å². The number of hydrogen-bond donors (Lipinski definition) is 0. The summed E-state index contributed by atoms with van der Waals surface area (Å²) in [6.45, 7) is 3.01. The first kappa shape index (κ1) is 11.7. The lowest BCUT2D eigenvalue weighted by molar-refractivity contribution is -0.137. The Balaban J connectivity index is 2.22. The third-order valence-corrected chi connectivity index (χ3v) is 3.09. The molecule has 0 aromatic heterocycles. The van der Waals surface area contributed by atoms with Gasteiger partial charge in [-0.1, -0.05) is 22.0 Å². The van der Waals surface area contributed by atoms with E-state index in [1.54, 1.807) is 6.92 Å². The Morgan fingerprint density at radius 1 is 1.71 bits per heavy atom. The molecule has 0 aliphatic carbocycles. The fourth-order valence-corrected chi connectivity index (χ4v) is 1.88. The van der Waals surface area contributed by atoms with E-state index >= 15 is 0 Å². The first-order chi connectivity index (χ1) is 6.74. The average molecular weight is 263 g/mol. The highest BCUT2D eigenvalue weighted by Gasteiger charge is 2.24. The second kappa shape index (κ2) is 6.19. The number of carbonyl (C=O) groups excluding carboxylic acids is 1. The number of halogens is 1. The molecule has 1 heterocycles. The first-order valence-electron chi connectivity index (χ1n) is 4.83. The normalized spacial score (nSPS) is 27.0. The molecule has 0 bridgehead atoms. The van der Waals surface area contributed by atoms with E-state index in [9.17, 15) is 4.79 Å². The third-order valence-electron chi connectivity index (χ3n) is 2.04. The van der Waals surface area contributed by atoms with Crippen LogP contribution in [-0.4, -0.2) is 30.1 Å². The molecule has 1 fully saturated rings. The highest BCUT2D eigenvalue weighted by molar-refractivity contribution is 9.09. The van der Waals surface area contributed by atoms with Crippen molar-refractivity contribution in [3.8, 4) is 0 Å². The maximum absolute atomic E-state index is 10.9. The van der Waals surface area contributed by atoms with Gasteiger partial charge in [-0.25, -0.2) is 4.79 Å². The summed E-state index contributed by atoms with van der Waals surface area (Å²) in [4.78, 5) is 11.3. The fourth-order valence-electron chi connectivity index (χ4n) is 1.33. The second-order valence-corrected chi connectivity index (χ2v) is 4.28. The van der Waals surface area contributed by atoms with Gasteiger partial charge >= 0.3 is 5.97 Å². The average Bonchev–Trinajstić information content (AvgIpc) is 2.52. The molecule has 1 saturated heterocycles. The molecule has 0 aromatic rings. The number of esters is 1. The summed E-state index contributed by atoms with van der Waals surface area (Å²) < 4.78 is 10.2. The van der Waals surface area contributed by atoms with Crippen LogP contribution >= 0.6 is 15.9 Å². The predicted octanol–water partition coefficient (Wildman–Crippen LogP) is 2.05. The predicted molar refractivity (Wildman–Crippen MR) is 57.5 cm³/mol. The smallest absolute Gasteiger partial charge is 0.330 e. The van der Waals surface area contributed by atoms with Crippen molar-refractivity contribution < 1.29 is 14.3 Å². The summed E-state index contributed by atoms with van der Waals surface area (Å²) in [6.07, 6.45) is 5.26. The summed E-state index contributed by atoms with van der Waals surface area (Å²) in [5, 5.41) is 0. The molecule has 1 rings (SSSR count). The molecule has 0 saturated carbocycles. The van der Waals surface area contributed by atoms with Crippen molar-refractivity contribution in [1.29, 1.82) is 0 Å². The maximum atomic E-state index is 10.9. The van der Waals surface area contributed by atoms with Crippen molar-refractivity contribution >= 4 is 21.9 Å². The zero-order chi connectivity index (χ0) is 10.4. The van der Waals surface area contributed by atoms with Crippen molar-refractivity contribution in [3.05, 3.63) is 12.2 Å². The number of alkyl halides is 1. The molecule has 4 heteroatoms. The minimum absolute atomic E-state index is 0.195. The lowest BCUT2D eigenvalue weighted by atomic mass is 10.2. The Morgan fingerprint density at radius 2 is 2.50 bits per heavy atom. The SMILES string of the molecule is CCOC(=O)/C=C/C[C@@H]1OCC[C@H]1Br. The summed E-state index contributed by atoms with van der Waals surface area (Å²) in [6, 6.07) is 0. The Morgan fingerprint density at radius 3 is 3.07 bits per heavy atom. The largest absolute Gasteiger partial charge is 0.463 e. The van der Waals surface area contributed by atoms with E-state index < -0.39 is 0 Å². The molecule has 80 valence electrons. The van der Waals surface area contributed by atoms with E-state index in [4.69, 9.17) is 9.47 Å². The van der Waals surface area contributed by atoms with Gasteiger partial charge in [-0.05, 0) is 19.8 Å². The highest BCUT2D eigenvalue weighted by Crippen LogP contribution is 2.23. The van der Waals surface area contributed by atoms with Crippen LogP contribution < -0.4 is 0 Å². The molecule has 0 unspecified atom stereocenters. The van der Waals surface area contributed by atoms with Crippen LogP contribution in [0.4, 0.5) is 0 Å². The van der Waals surface area contributed by atoms with Crippen LogP contribution in [0.2, 0.25) is 0 Å². The maximum Gasteiger partial charge on any atom is 0.330 e. The van der Waals surface area contributed by atoms with Gasteiger partial charge in [0.15, 0.2) is 0 Å². The zero-order valence-electron chi connectivity index (χ0n) is 8.24. The Bertz CT molecular complexity index is 215. The first-order valence-corrected chi connectivity index (χ1v) is 5.74. The molecule has 3 nitrogen and oxygen atoms in total. The quantitative estimate of drug-likeness (QED) is 0.442. The number of ether oxygens (including phenoxy) is 2. The van der Waals surface area contributed by atoms with Gasteiger partial charge in [0.2, 0.25) is 0 Å². The van der Waals surface area contributed by atoms with Crippen LogP contribution in [-0.2, 0) is 14.3 Å². The zero-order valence-corrected chi connectivity index (χ0v) is 9.83. The molecule has 1 aliphatic rings. The van der Waals surface area contributed by atoms with Gasteiger partial charge in [-0.3, -0.25) is 0 Å². The van der Waals surface area contributed by atoms with Crippen LogP contribution in [0.3, 0.4) is 0 Å². The molecule has 14 heavy (non-hydrogen) atoms. The lowest BCUT2D eigenvalue weighted by Gasteiger charge is -2.09. The molecule has 2 atom stereocenters. The van der Waals surface area contributed by atoms with Gasteiger partial charge in [0.05, 0.1) is 12.7 Å². The molecular weight excluding hydrogens is 248 g/mol. The molecule has 0 amide bonds. The highest BCUT2D eigenvalue weighted by atomic mass is 79.9. The van der Waals surface area contributed by atoms with Crippen LogP contribution in [0.1, 0.15) is 19.8 Å². The molecule has 0 radical (unpaired) electrons. The fraction of sp³-hybridized carbons (Fsp3) is 0.700. The summed E-state index contributed by atoms with van der Waals surface area (Å²) >= 11 is 3.53. The van der Waals surface area contributed by atoms with E-state index in [0.717, 1.165) is 19.4 Å². The second-order valence-electron chi connectivity index (χ2n) is 3.10. The lowest BCUT2D eigenvalue weighted by Crippen LogP contribution is -2.14. The van der Waals surface area contributed by atoms with Gasteiger partial charge < -0.3 is 9.47 Å². The standard InChI is InChI=1S/C10H15BrO3/c1-2-13-10(12)5-3-4-9-8(11)6-7-14-9/h3,5,8-9H,2,4,6-7H2,1H3/b5-3+/t8-,9+/m1/s1. The minimum Gasteiger partial charge on any atom is -0.463 e. The van der Waals surface area contributed by atoms with Gasteiger partial charge in [-0.15, -0.1) is 0 Å². The molecular formula is C10H15BrO3. The summed E-state index contributed by atoms with van der Waals surface area (Å²) in [5.41, 5.74) is 0. The number of carbonyl (C=O) groups is 1. The van der Waals surface area contributed by atoms with Crippen LogP contribution in [0, 0.1) is 0 Å². The van der Waals surface area contributed by atoms with Crippen LogP contribution in [0.5, 0.6) is 0 Å². The van der Waals surface area contributed by atoms with Crippen molar-refractivity contribution in [3.63, 3.8) is 0 Å². The van der Waals surface area contributed by atoms with Crippen LogP contribution in [0.15, 0.2) is 12.2 Å². The monoisotopic (exact) mass is 262 g/mol. The van der Waals surface area contributed by atoms with Crippen molar-refractivity contribution in [2.45, 2.75) is 30.7 Å². The van der Waals surface area contributed by atoms with E-state index in [-0.39, 0.29) is 12.1 Å². The van der Waals surface area contributed by atoms with Gasteiger partial charge in [-0.2, -0.15) is 0 Å². The van der Waals surface area contributed by atoms with Crippen LogP contribution in [0.25, 0.3) is 0 Å². The van der Waals surface area contributed by atoms with Gasteiger partial charge in [0, 0.05) is 17.5 Å². The van der Waals surface area contributed by atoms with Crippen molar-refractivity contribution in [2.75, 3.05) is 13.2 Å². The third kappa shape index (κ3) is 3.80. The molecule has 0 spiro atoms. The van der Waals surface area contributed by atoms with E-state index in [1.165, 1.54) is 6.08 Å². The van der Waals surface area contributed by atoms with E-state index in [0.29, 0.717) is 11.4 Å². The Labute approximate surface area is 92.6 Å². The topological polar surface area (TPSA) is 35.5 Å². The summed E-state index contributed by atoms with van der Waals surface area (Å²) in [7, 11) is 0. The van der Waals surface area contributed by atoms with Gasteiger partial charge in [0.25, 0.3) is 0 Å². The van der Waals surface area contributed by atoms with E-state index in [1.807, 2.05) is 6.08 Å². The molecule has 0 N–H and O–H groups in total. The summed E-state index contributed by atoms with van der Waals surface area (Å²) in [5.74, 6) is -0.281. The minimum atomic E-state index is -0.281. The van der Waals surface area contributed by atoms with Crippen molar-refractivity contribution in [2.24, 2.45) is 0 Å². The van der Waals surface area contributed by atoms with Gasteiger partial charge in [0.1, 0.15) is 0 Å². The number of rotatable bonds is 4. The Hall–Kier alpha value is -0.350.